The van der Waals surface area contributed by atoms with Crippen molar-refractivity contribution in [1.82, 2.24) is 4.98 Å². The van der Waals surface area contributed by atoms with Crippen LogP contribution < -0.4 is 29.6 Å². The molecule has 8 heteroatoms. The van der Waals surface area contributed by atoms with Crippen molar-refractivity contribution >= 4 is 23.0 Å². The zero-order valence-corrected chi connectivity index (χ0v) is 15.9. The maximum Gasteiger partial charge on any atom is 0.257 e. The second-order valence-electron chi connectivity index (χ2n) is 6.18. The second-order valence-corrected chi connectivity index (χ2v) is 6.18. The normalized spacial score (nSPS) is 11.7. The SMILES string of the molecule is COc1ccc(NC(=O)c2cncc(Nc3ccc4c(c3)OCO4)c2)cc1OC. The summed E-state index contributed by atoms with van der Waals surface area (Å²) in [6.07, 6.45) is 3.14. The van der Waals surface area contributed by atoms with E-state index in [4.69, 9.17) is 18.9 Å². The highest BCUT2D eigenvalue weighted by Gasteiger charge is 2.14. The van der Waals surface area contributed by atoms with Gasteiger partial charge in [0.2, 0.25) is 6.79 Å². The minimum absolute atomic E-state index is 0.214. The van der Waals surface area contributed by atoms with Crippen LogP contribution in [0.25, 0.3) is 0 Å². The Hall–Kier alpha value is -3.94. The fraction of sp³-hybridized carbons (Fsp3) is 0.143. The Morgan fingerprint density at radius 3 is 2.52 bits per heavy atom. The molecule has 0 atom stereocenters. The molecule has 1 aliphatic rings. The summed E-state index contributed by atoms with van der Waals surface area (Å²) in [5.74, 6) is 2.20. The first-order valence-corrected chi connectivity index (χ1v) is 8.81. The zero-order chi connectivity index (χ0) is 20.2. The summed E-state index contributed by atoms with van der Waals surface area (Å²) in [6.45, 7) is 0.214. The first-order valence-electron chi connectivity index (χ1n) is 8.81. The Kier molecular flexibility index (Phi) is 5.07. The average molecular weight is 393 g/mol. The number of hydrogen-bond acceptors (Lipinski definition) is 7. The molecule has 0 radical (unpaired) electrons. The van der Waals surface area contributed by atoms with Gasteiger partial charge in [0.15, 0.2) is 23.0 Å². The lowest BCUT2D eigenvalue weighted by molar-refractivity contribution is 0.102. The largest absolute Gasteiger partial charge is 0.493 e. The van der Waals surface area contributed by atoms with E-state index in [9.17, 15) is 4.79 Å². The van der Waals surface area contributed by atoms with Gasteiger partial charge in [-0.1, -0.05) is 0 Å². The Morgan fingerprint density at radius 2 is 1.69 bits per heavy atom. The number of amides is 1. The fourth-order valence-electron chi connectivity index (χ4n) is 2.89. The fourth-order valence-corrected chi connectivity index (χ4v) is 2.89. The third kappa shape index (κ3) is 4.01. The molecule has 1 amide bonds. The maximum absolute atomic E-state index is 12.6. The van der Waals surface area contributed by atoms with Gasteiger partial charge in [-0.25, -0.2) is 0 Å². The van der Waals surface area contributed by atoms with Gasteiger partial charge in [-0.3, -0.25) is 9.78 Å². The molecular formula is C21H19N3O5. The van der Waals surface area contributed by atoms with Crippen LogP contribution >= 0.6 is 0 Å². The van der Waals surface area contributed by atoms with Crippen LogP contribution in [0.3, 0.4) is 0 Å². The van der Waals surface area contributed by atoms with Crippen molar-refractivity contribution in [2.75, 3.05) is 31.6 Å². The molecule has 0 spiro atoms. The van der Waals surface area contributed by atoms with Crippen LogP contribution in [-0.4, -0.2) is 31.9 Å². The zero-order valence-electron chi connectivity index (χ0n) is 15.9. The molecule has 3 aromatic rings. The molecular weight excluding hydrogens is 374 g/mol. The molecule has 4 rings (SSSR count). The molecule has 148 valence electrons. The number of benzene rings is 2. The van der Waals surface area contributed by atoms with Gasteiger partial charge >= 0.3 is 0 Å². The van der Waals surface area contributed by atoms with Crippen molar-refractivity contribution in [2.24, 2.45) is 0 Å². The number of fused-ring (bicyclic) bond motifs is 1. The summed E-state index contributed by atoms with van der Waals surface area (Å²) in [5, 5.41) is 6.04. The van der Waals surface area contributed by atoms with Crippen molar-refractivity contribution in [2.45, 2.75) is 0 Å². The van der Waals surface area contributed by atoms with Gasteiger partial charge in [-0.05, 0) is 30.3 Å². The van der Waals surface area contributed by atoms with Gasteiger partial charge in [0.25, 0.3) is 5.91 Å². The minimum atomic E-state index is -0.293. The summed E-state index contributed by atoms with van der Waals surface area (Å²) in [7, 11) is 3.10. The summed E-state index contributed by atoms with van der Waals surface area (Å²) >= 11 is 0. The highest BCUT2D eigenvalue weighted by molar-refractivity contribution is 6.04. The lowest BCUT2D eigenvalue weighted by atomic mass is 10.2. The van der Waals surface area contributed by atoms with E-state index in [1.165, 1.54) is 6.20 Å². The minimum Gasteiger partial charge on any atom is -0.493 e. The van der Waals surface area contributed by atoms with E-state index in [1.807, 2.05) is 18.2 Å². The molecule has 0 aliphatic carbocycles. The number of ether oxygens (including phenoxy) is 4. The van der Waals surface area contributed by atoms with Crippen molar-refractivity contribution in [3.63, 3.8) is 0 Å². The van der Waals surface area contributed by atoms with Crippen LogP contribution in [0, 0.1) is 0 Å². The van der Waals surface area contributed by atoms with Crippen LogP contribution in [0.15, 0.2) is 54.9 Å². The quantitative estimate of drug-likeness (QED) is 0.658. The van der Waals surface area contributed by atoms with Gasteiger partial charge in [-0.2, -0.15) is 0 Å². The van der Waals surface area contributed by atoms with Crippen LogP contribution in [0.1, 0.15) is 10.4 Å². The Balaban J connectivity index is 1.49. The number of nitrogens with one attached hydrogen (secondary N) is 2. The molecule has 0 fully saturated rings. The van der Waals surface area contributed by atoms with Crippen LogP contribution in [0.5, 0.6) is 23.0 Å². The van der Waals surface area contributed by atoms with Crippen LogP contribution in [0.2, 0.25) is 0 Å². The third-order valence-corrected chi connectivity index (χ3v) is 4.30. The van der Waals surface area contributed by atoms with Gasteiger partial charge in [0, 0.05) is 29.7 Å². The van der Waals surface area contributed by atoms with E-state index in [1.54, 1.807) is 44.7 Å². The number of carbonyl (C=O) groups is 1. The second kappa shape index (κ2) is 7.97. The number of nitrogens with zero attached hydrogens (tertiary/aromatic N) is 1. The number of carbonyl (C=O) groups excluding carboxylic acids is 1. The molecule has 2 N–H and O–H groups in total. The summed E-state index contributed by atoms with van der Waals surface area (Å²) in [5.41, 5.74) is 2.46. The van der Waals surface area contributed by atoms with Gasteiger partial charge in [0.1, 0.15) is 0 Å². The molecule has 2 aromatic carbocycles. The van der Waals surface area contributed by atoms with E-state index in [0.29, 0.717) is 39.9 Å². The first-order chi connectivity index (χ1) is 14.2. The van der Waals surface area contributed by atoms with Crippen molar-refractivity contribution < 1.29 is 23.7 Å². The topological polar surface area (TPSA) is 90.9 Å². The Bertz CT molecular complexity index is 1050. The maximum atomic E-state index is 12.6. The molecule has 0 saturated carbocycles. The first kappa shape index (κ1) is 18.4. The highest BCUT2D eigenvalue weighted by Crippen LogP contribution is 2.35. The Morgan fingerprint density at radius 1 is 0.897 bits per heavy atom. The number of anilines is 3. The molecule has 0 unspecified atom stereocenters. The predicted octanol–water partition coefficient (Wildman–Crippen LogP) is 3.82. The monoisotopic (exact) mass is 393 g/mol. The van der Waals surface area contributed by atoms with Crippen molar-refractivity contribution in [3.05, 3.63) is 60.4 Å². The van der Waals surface area contributed by atoms with E-state index < -0.39 is 0 Å². The van der Waals surface area contributed by atoms with E-state index >= 15 is 0 Å². The molecule has 1 aromatic heterocycles. The number of hydrogen-bond donors (Lipinski definition) is 2. The van der Waals surface area contributed by atoms with E-state index in [-0.39, 0.29) is 12.7 Å². The lowest BCUT2D eigenvalue weighted by Gasteiger charge is -2.11. The van der Waals surface area contributed by atoms with Gasteiger partial charge < -0.3 is 29.6 Å². The van der Waals surface area contributed by atoms with Gasteiger partial charge in [0.05, 0.1) is 31.7 Å². The summed E-state index contributed by atoms with van der Waals surface area (Å²) in [6, 6.07) is 12.4. The number of aromatic nitrogens is 1. The Labute approximate surface area is 167 Å². The molecule has 8 nitrogen and oxygen atoms in total. The molecule has 29 heavy (non-hydrogen) atoms. The molecule has 0 bridgehead atoms. The molecule has 0 saturated heterocycles. The summed E-state index contributed by atoms with van der Waals surface area (Å²) in [4.78, 5) is 16.8. The number of pyridine rings is 1. The highest BCUT2D eigenvalue weighted by atomic mass is 16.7. The summed E-state index contributed by atoms with van der Waals surface area (Å²) < 4.78 is 21.2. The lowest BCUT2D eigenvalue weighted by Crippen LogP contribution is -2.12. The number of methoxy groups -OCH3 is 2. The molecule has 1 aliphatic heterocycles. The number of rotatable bonds is 6. The standard InChI is InChI=1S/C21H19N3O5/c1-26-17-5-3-15(8-19(17)27-2)24-21(25)13-7-16(11-22-10-13)23-14-4-6-18-20(9-14)29-12-28-18/h3-11,23H,12H2,1-2H3,(H,24,25). The smallest absolute Gasteiger partial charge is 0.257 e. The predicted molar refractivity (Wildman–Crippen MR) is 108 cm³/mol. The van der Waals surface area contributed by atoms with Crippen LogP contribution in [-0.2, 0) is 0 Å². The molecule has 2 heterocycles. The van der Waals surface area contributed by atoms with E-state index in [0.717, 1.165) is 5.69 Å². The van der Waals surface area contributed by atoms with Crippen molar-refractivity contribution in [3.8, 4) is 23.0 Å². The van der Waals surface area contributed by atoms with E-state index in [2.05, 4.69) is 15.6 Å². The van der Waals surface area contributed by atoms with Gasteiger partial charge in [-0.15, -0.1) is 0 Å². The average Bonchev–Trinajstić information content (AvgIpc) is 3.21. The van der Waals surface area contributed by atoms with Crippen molar-refractivity contribution in [1.29, 1.82) is 0 Å². The van der Waals surface area contributed by atoms with Crippen LogP contribution in [0.4, 0.5) is 17.1 Å². The third-order valence-electron chi connectivity index (χ3n) is 4.30.